The number of rotatable bonds is 4. The summed E-state index contributed by atoms with van der Waals surface area (Å²) in [6.07, 6.45) is -3.47. The number of aliphatic hydroxyl groups excluding tert-OH is 4. The van der Waals surface area contributed by atoms with Crippen molar-refractivity contribution in [1.29, 1.82) is 5.26 Å². The lowest BCUT2D eigenvalue weighted by molar-refractivity contribution is -0.252. The molecule has 0 bridgehead atoms. The predicted molar refractivity (Wildman–Crippen MR) is 118 cm³/mol. The van der Waals surface area contributed by atoms with Crippen molar-refractivity contribution in [2.24, 2.45) is 0 Å². The first-order valence-corrected chi connectivity index (χ1v) is 11.0. The van der Waals surface area contributed by atoms with Gasteiger partial charge in [0.15, 0.2) is 6.23 Å². The van der Waals surface area contributed by atoms with Crippen LogP contribution in [0.3, 0.4) is 0 Å². The van der Waals surface area contributed by atoms with Crippen molar-refractivity contribution in [3.05, 3.63) is 45.7 Å². The minimum absolute atomic E-state index is 0.184. The van der Waals surface area contributed by atoms with Gasteiger partial charge in [0.2, 0.25) is 0 Å². The minimum atomic E-state index is -1.53. The van der Waals surface area contributed by atoms with E-state index in [0.29, 0.717) is 12.2 Å². The molecule has 5 atom stereocenters. The molecule has 1 aromatic carbocycles. The highest BCUT2D eigenvalue weighted by atomic mass is 32.1. The molecule has 9 heteroatoms. The number of benzene rings is 1. The predicted octanol–water partition coefficient (Wildman–Crippen LogP) is 1.62. The molecule has 0 amide bonds. The number of aliphatic hydroxyl groups is 4. The van der Waals surface area contributed by atoms with Gasteiger partial charge in [0.1, 0.15) is 40.9 Å². The maximum Gasteiger partial charge on any atom is 0.164 e. The average molecular weight is 459 g/mol. The number of aromatic nitrogens is 1. The second kappa shape index (κ2) is 9.27. The highest BCUT2D eigenvalue weighted by Crippen LogP contribution is 2.39. The molecule has 1 aliphatic heterocycles. The Hall–Kier alpha value is -2.32. The Labute approximate surface area is 190 Å². The number of fused-ring (bicyclic) bond motifs is 1. The Morgan fingerprint density at radius 3 is 2.44 bits per heavy atom. The molecule has 0 spiro atoms. The number of nitriles is 1. The van der Waals surface area contributed by atoms with Gasteiger partial charge in [0, 0.05) is 11.3 Å². The number of methoxy groups -OCH3 is 1. The van der Waals surface area contributed by atoms with Gasteiger partial charge in [0.05, 0.1) is 19.3 Å². The van der Waals surface area contributed by atoms with Gasteiger partial charge in [-0.3, -0.25) is 0 Å². The number of ether oxygens (including phenoxy) is 2. The third-order valence-corrected chi connectivity index (χ3v) is 6.73. The smallest absolute Gasteiger partial charge is 0.164 e. The largest absolute Gasteiger partial charge is 0.497 e. The normalized spacial score (nSPS) is 27.4. The van der Waals surface area contributed by atoms with Crippen LogP contribution >= 0.6 is 12.2 Å². The highest BCUT2D eigenvalue weighted by molar-refractivity contribution is 7.71. The zero-order valence-electron chi connectivity index (χ0n) is 17.6. The summed E-state index contributed by atoms with van der Waals surface area (Å²) in [5, 5.41) is 50.9. The van der Waals surface area contributed by atoms with E-state index < -0.39 is 37.3 Å². The van der Waals surface area contributed by atoms with Gasteiger partial charge in [-0.05, 0) is 48.9 Å². The molecule has 0 saturated carbocycles. The van der Waals surface area contributed by atoms with Gasteiger partial charge in [-0.25, -0.2) is 0 Å². The summed E-state index contributed by atoms with van der Waals surface area (Å²) in [6.45, 7) is -0.536. The average Bonchev–Trinajstić information content (AvgIpc) is 2.83. The van der Waals surface area contributed by atoms with Gasteiger partial charge in [-0.15, -0.1) is 0 Å². The van der Waals surface area contributed by atoms with Crippen LogP contribution in [0.4, 0.5) is 0 Å². The summed E-state index contributed by atoms with van der Waals surface area (Å²) in [4.78, 5) is 0. The van der Waals surface area contributed by atoms with E-state index in [0.717, 1.165) is 41.6 Å². The molecule has 1 aromatic heterocycles. The van der Waals surface area contributed by atoms with Crippen LogP contribution in [-0.4, -0.2) is 63.1 Å². The standard InChI is InChI=1S/C23H26N2O6S/c1-30-13-8-6-12(7-9-13)18-14-4-2-3-5-16(14)25(23(32)15(18)10-24)22-21(29)20(28)19(27)17(11-26)31-22/h6-9,17,19-22,26-29H,2-5,11H2,1H3/t17-,19+,20+,21+,22+/m0/s1. The van der Waals surface area contributed by atoms with E-state index in [-0.39, 0.29) is 10.2 Å². The van der Waals surface area contributed by atoms with E-state index in [4.69, 9.17) is 21.7 Å². The first-order chi connectivity index (χ1) is 15.4. The molecule has 8 nitrogen and oxygen atoms in total. The molecule has 2 heterocycles. The maximum atomic E-state index is 10.7. The summed E-state index contributed by atoms with van der Waals surface area (Å²) in [6, 6.07) is 9.65. The van der Waals surface area contributed by atoms with Gasteiger partial charge in [-0.2, -0.15) is 5.26 Å². The molecule has 1 aliphatic carbocycles. The lowest BCUT2D eigenvalue weighted by atomic mass is 9.86. The number of pyridine rings is 1. The fraction of sp³-hybridized carbons (Fsp3) is 0.478. The summed E-state index contributed by atoms with van der Waals surface area (Å²) in [7, 11) is 1.59. The molecule has 2 aliphatic rings. The molecule has 1 saturated heterocycles. The van der Waals surface area contributed by atoms with Crippen molar-refractivity contribution in [2.45, 2.75) is 56.3 Å². The van der Waals surface area contributed by atoms with E-state index in [1.54, 1.807) is 11.7 Å². The van der Waals surface area contributed by atoms with Crippen LogP contribution in [0.15, 0.2) is 24.3 Å². The van der Waals surface area contributed by atoms with E-state index in [2.05, 4.69) is 6.07 Å². The molecular weight excluding hydrogens is 432 g/mol. The van der Waals surface area contributed by atoms with Crippen LogP contribution in [-0.2, 0) is 17.6 Å². The molecule has 0 unspecified atom stereocenters. The van der Waals surface area contributed by atoms with Crippen LogP contribution in [0.25, 0.3) is 11.1 Å². The third kappa shape index (κ3) is 3.73. The summed E-state index contributed by atoms with van der Waals surface area (Å²) in [5.74, 6) is 0.701. The fourth-order valence-corrected chi connectivity index (χ4v) is 5.03. The molecule has 0 radical (unpaired) electrons. The van der Waals surface area contributed by atoms with E-state index >= 15 is 0 Å². The first-order valence-electron chi connectivity index (χ1n) is 10.6. The zero-order valence-corrected chi connectivity index (χ0v) is 18.5. The van der Waals surface area contributed by atoms with Gasteiger partial charge < -0.3 is 34.5 Å². The van der Waals surface area contributed by atoms with Gasteiger partial charge in [-0.1, -0.05) is 24.4 Å². The van der Waals surface area contributed by atoms with Crippen molar-refractivity contribution in [1.82, 2.24) is 4.57 Å². The SMILES string of the molecule is COc1ccc(-c2c3c(n([C@@H]4O[C@@H](CO)[C@@H](O)[C@@H](O)[C@H]4O)c(=S)c2C#N)CCCC3)cc1. The van der Waals surface area contributed by atoms with Crippen LogP contribution in [0.5, 0.6) is 5.75 Å². The van der Waals surface area contributed by atoms with E-state index in [1.807, 2.05) is 24.3 Å². The lowest BCUT2D eigenvalue weighted by Crippen LogP contribution is -2.57. The quantitative estimate of drug-likeness (QED) is 0.509. The Morgan fingerprint density at radius 2 is 1.81 bits per heavy atom. The molecule has 4 N–H and O–H groups in total. The van der Waals surface area contributed by atoms with Gasteiger partial charge in [0.25, 0.3) is 0 Å². The van der Waals surface area contributed by atoms with Crippen LogP contribution in [0.2, 0.25) is 0 Å². The maximum absolute atomic E-state index is 10.7. The van der Waals surface area contributed by atoms with Crippen LogP contribution in [0, 0.1) is 16.0 Å². The lowest BCUT2D eigenvalue weighted by Gasteiger charge is -2.42. The van der Waals surface area contributed by atoms with E-state index in [1.165, 1.54) is 0 Å². The summed E-state index contributed by atoms with van der Waals surface area (Å²) < 4.78 is 12.8. The number of hydrogen-bond donors (Lipinski definition) is 4. The topological polar surface area (TPSA) is 128 Å². The van der Waals surface area contributed by atoms with Gasteiger partial charge >= 0.3 is 0 Å². The van der Waals surface area contributed by atoms with E-state index in [9.17, 15) is 25.7 Å². The number of nitrogens with zero attached hydrogens (tertiary/aromatic N) is 2. The fourth-order valence-electron chi connectivity index (χ4n) is 4.67. The molecule has 2 aromatic rings. The van der Waals surface area contributed by atoms with Crippen molar-refractivity contribution >= 4 is 12.2 Å². The van der Waals surface area contributed by atoms with Crippen molar-refractivity contribution in [2.75, 3.05) is 13.7 Å². The molecule has 170 valence electrons. The Balaban J connectivity index is 1.94. The zero-order chi connectivity index (χ0) is 23.0. The Kier molecular flexibility index (Phi) is 6.62. The highest BCUT2D eigenvalue weighted by Gasteiger charge is 2.45. The Morgan fingerprint density at radius 1 is 1.12 bits per heavy atom. The molecule has 4 rings (SSSR count). The minimum Gasteiger partial charge on any atom is -0.497 e. The third-order valence-electron chi connectivity index (χ3n) is 6.33. The Bertz CT molecular complexity index is 1090. The van der Waals surface area contributed by atoms with Crippen molar-refractivity contribution in [3.8, 4) is 22.9 Å². The number of hydrogen-bond acceptors (Lipinski definition) is 8. The van der Waals surface area contributed by atoms with Crippen molar-refractivity contribution < 1.29 is 29.9 Å². The van der Waals surface area contributed by atoms with Crippen LogP contribution < -0.4 is 4.74 Å². The summed E-state index contributed by atoms with van der Waals surface area (Å²) in [5.41, 5.74) is 3.66. The monoisotopic (exact) mass is 458 g/mol. The van der Waals surface area contributed by atoms with Crippen LogP contribution in [0.1, 0.15) is 35.9 Å². The second-order valence-electron chi connectivity index (χ2n) is 8.12. The second-order valence-corrected chi connectivity index (χ2v) is 8.50. The first kappa shape index (κ1) is 22.9. The molecule has 32 heavy (non-hydrogen) atoms. The summed E-state index contributed by atoms with van der Waals surface area (Å²) >= 11 is 5.71. The molecule has 1 fully saturated rings. The van der Waals surface area contributed by atoms with Crippen molar-refractivity contribution in [3.63, 3.8) is 0 Å². The molecular formula is C23H26N2O6S.